The number of nitrogens with two attached hydrogens (primary N) is 1. The van der Waals surface area contributed by atoms with Crippen molar-refractivity contribution in [3.8, 4) is 17.3 Å². The van der Waals surface area contributed by atoms with E-state index in [1.165, 1.54) is 0 Å². The van der Waals surface area contributed by atoms with E-state index in [-0.39, 0.29) is 18.0 Å². The summed E-state index contributed by atoms with van der Waals surface area (Å²) in [5.41, 5.74) is 11.5. The maximum absolute atomic E-state index is 13.5. The molecule has 0 radical (unpaired) electrons. The lowest BCUT2D eigenvalue weighted by molar-refractivity contribution is 0.0700. The number of rotatable bonds is 6. The summed E-state index contributed by atoms with van der Waals surface area (Å²) < 4.78 is 11.8. The number of piperidine rings is 1. The summed E-state index contributed by atoms with van der Waals surface area (Å²) in [5, 5.41) is 4.32. The fraction of sp³-hybridized carbons (Fsp3) is 0.407. The summed E-state index contributed by atoms with van der Waals surface area (Å²) >= 11 is 0. The molecule has 6 rings (SSSR count). The number of carbonyl (C=O) groups is 1. The van der Waals surface area contributed by atoms with Crippen LogP contribution in [0.2, 0.25) is 0 Å². The van der Waals surface area contributed by atoms with Gasteiger partial charge in [0.15, 0.2) is 5.82 Å². The second-order valence-electron chi connectivity index (χ2n) is 10.1. The number of aryl methyl sites for hydroxylation is 2. The molecule has 192 valence electrons. The van der Waals surface area contributed by atoms with E-state index in [4.69, 9.17) is 15.5 Å². The molecule has 3 aromatic heterocycles. The third-order valence-electron chi connectivity index (χ3n) is 7.92. The minimum atomic E-state index is -0.00329. The molecular weight excluding hydrogens is 468 g/mol. The van der Waals surface area contributed by atoms with E-state index in [0.717, 1.165) is 47.7 Å². The van der Waals surface area contributed by atoms with Gasteiger partial charge in [-0.1, -0.05) is 0 Å². The molecule has 0 unspecified atom stereocenters. The van der Waals surface area contributed by atoms with Crippen LogP contribution in [-0.4, -0.2) is 73.7 Å². The van der Waals surface area contributed by atoms with Gasteiger partial charge in [0.05, 0.1) is 36.8 Å². The normalized spacial score (nSPS) is 21.1. The number of benzene rings is 1. The van der Waals surface area contributed by atoms with Gasteiger partial charge in [-0.05, 0) is 43.0 Å². The molecule has 0 spiro atoms. The van der Waals surface area contributed by atoms with Crippen molar-refractivity contribution in [3.63, 3.8) is 0 Å². The van der Waals surface area contributed by atoms with Crippen molar-refractivity contribution in [2.45, 2.75) is 31.5 Å². The first-order chi connectivity index (χ1) is 17.9. The zero-order valence-corrected chi connectivity index (χ0v) is 21.6. The summed E-state index contributed by atoms with van der Waals surface area (Å²) in [6, 6.07) is 7.99. The zero-order chi connectivity index (χ0) is 25.8. The van der Waals surface area contributed by atoms with Crippen molar-refractivity contribution in [1.82, 2.24) is 28.8 Å². The lowest BCUT2D eigenvalue weighted by atomic mass is 10.1. The molecule has 2 aliphatic rings. The highest BCUT2D eigenvalue weighted by Gasteiger charge is 2.47. The number of hydrogen-bond acceptors (Lipinski definition) is 6. The average Bonchev–Trinajstić information content (AvgIpc) is 3.71. The molecule has 3 atom stereocenters. The molecule has 1 aliphatic carbocycles. The number of amides is 1. The third-order valence-corrected chi connectivity index (χ3v) is 7.92. The van der Waals surface area contributed by atoms with E-state index < -0.39 is 0 Å². The molecule has 10 nitrogen and oxygen atoms in total. The maximum atomic E-state index is 13.5. The van der Waals surface area contributed by atoms with Crippen molar-refractivity contribution < 1.29 is 9.53 Å². The van der Waals surface area contributed by atoms with Gasteiger partial charge in [0.1, 0.15) is 11.3 Å². The van der Waals surface area contributed by atoms with Gasteiger partial charge < -0.3 is 24.5 Å². The molecule has 1 aliphatic heterocycles. The molecule has 4 aromatic rings. The molecule has 1 saturated heterocycles. The van der Waals surface area contributed by atoms with E-state index in [9.17, 15) is 4.79 Å². The predicted molar refractivity (Wildman–Crippen MR) is 142 cm³/mol. The van der Waals surface area contributed by atoms with Gasteiger partial charge in [-0.15, -0.1) is 0 Å². The zero-order valence-electron chi connectivity index (χ0n) is 21.6. The fourth-order valence-electron chi connectivity index (χ4n) is 6.10. The van der Waals surface area contributed by atoms with Crippen molar-refractivity contribution in [3.05, 3.63) is 53.5 Å². The van der Waals surface area contributed by atoms with Gasteiger partial charge in [-0.25, -0.2) is 4.98 Å². The van der Waals surface area contributed by atoms with Gasteiger partial charge in [0.25, 0.3) is 5.91 Å². The van der Waals surface area contributed by atoms with Crippen LogP contribution in [0, 0.1) is 5.92 Å². The van der Waals surface area contributed by atoms with E-state index in [2.05, 4.69) is 20.7 Å². The molecule has 10 heteroatoms. The smallest absolute Gasteiger partial charge is 0.254 e. The Balaban J connectivity index is 1.43. The highest BCUT2D eigenvalue weighted by atomic mass is 16.5. The van der Waals surface area contributed by atoms with Crippen molar-refractivity contribution >= 4 is 23.2 Å². The Morgan fingerprint density at radius 1 is 1.27 bits per heavy atom. The first-order valence-electron chi connectivity index (χ1n) is 12.6. The van der Waals surface area contributed by atoms with E-state index in [1.807, 2.05) is 60.4 Å². The number of aliphatic imine (C=N–C) groups is 1. The Morgan fingerprint density at radius 3 is 2.76 bits per heavy atom. The molecule has 1 amide bonds. The van der Waals surface area contributed by atoms with Crippen LogP contribution >= 0.6 is 0 Å². The number of imidazole rings is 1. The van der Waals surface area contributed by atoms with Crippen LogP contribution in [0.15, 0.2) is 41.7 Å². The monoisotopic (exact) mass is 500 g/mol. The molecule has 2 N–H and O–H groups in total. The van der Waals surface area contributed by atoms with E-state index in [0.29, 0.717) is 29.3 Å². The standard InChI is InChI=1S/C27H32N8O2/c1-29-12-19-6-8-22(34(19)14-16-11-30-32(2)13-16)26-31-20-9-18(10-23(37-4)25(20)33(26)3)27(36)35-15-17-5-7-21(35)24(17)28/h6,8-13,17,21,24H,5,7,14-15,28H2,1-4H3/t17-,21-,24-/m1/s1. The van der Waals surface area contributed by atoms with Gasteiger partial charge in [-0.3, -0.25) is 14.5 Å². The van der Waals surface area contributed by atoms with Gasteiger partial charge in [0, 0.05) is 63.3 Å². The Morgan fingerprint density at radius 2 is 2.11 bits per heavy atom. The summed E-state index contributed by atoms with van der Waals surface area (Å²) in [6.45, 7) is 1.35. The van der Waals surface area contributed by atoms with Crippen LogP contribution in [0.3, 0.4) is 0 Å². The number of carbonyl (C=O) groups excluding carboxylic acids is 1. The number of nitrogens with zero attached hydrogens (tertiary/aromatic N) is 7. The SMILES string of the molecule is CN=Cc1ccc(-c2nc3cc(C(=O)N4C[C@H]5CC[C@@H]4[C@@H]5N)cc(OC)c3n2C)n1Cc1cnn(C)c1. The van der Waals surface area contributed by atoms with E-state index >= 15 is 0 Å². The lowest BCUT2D eigenvalue weighted by Crippen LogP contribution is -2.41. The number of hydrogen-bond donors (Lipinski definition) is 1. The number of likely N-dealkylation sites (tertiary alicyclic amines) is 1. The molecule has 37 heavy (non-hydrogen) atoms. The maximum Gasteiger partial charge on any atom is 0.254 e. The number of ether oxygens (including phenoxy) is 1. The van der Waals surface area contributed by atoms with Crippen LogP contribution < -0.4 is 10.5 Å². The van der Waals surface area contributed by atoms with Crippen molar-refractivity contribution in [1.29, 1.82) is 0 Å². The summed E-state index contributed by atoms with van der Waals surface area (Å²) in [5.74, 6) is 1.79. The summed E-state index contributed by atoms with van der Waals surface area (Å²) in [4.78, 5) is 24.7. The quantitative estimate of drug-likeness (QED) is 0.409. The molecule has 1 saturated carbocycles. The van der Waals surface area contributed by atoms with Gasteiger partial charge in [0.2, 0.25) is 0 Å². The van der Waals surface area contributed by atoms with Crippen molar-refractivity contribution in [2.75, 3.05) is 20.7 Å². The lowest BCUT2D eigenvalue weighted by Gasteiger charge is -2.27. The molecule has 1 aromatic carbocycles. The second kappa shape index (κ2) is 8.88. The first-order valence-corrected chi connectivity index (χ1v) is 12.6. The molecular formula is C27H32N8O2. The highest BCUT2D eigenvalue weighted by molar-refractivity contribution is 6.00. The first kappa shape index (κ1) is 23.5. The third kappa shape index (κ3) is 3.74. The van der Waals surface area contributed by atoms with Gasteiger partial charge >= 0.3 is 0 Å². The van der Waals surface area contributed by atoms with Crippen LogP contribution in [0.5, 0.6) is 5.75 Å². The number of aromatic nitrogens is 5. The molecule has 4 heterocycles. The Bertz CT molecular complexity index is 1530. The molecule has 2 bridgehead atoms. The summed E-state index contributed by atoms with van der Waals surface area (Å²) in [6.07, 6.45) is 7.79. The molecule has 2 fully saturated rings. The Kier molecular flexibility index (Phi) is 5.63. The van der Waals surface area contributed by atoms with Gasteiger partial charge in [-0.2, -0.15) is 5.10 Å². The van der Waals surface area contributed by atoms with E-state index in [1.54, 1.807) is 18.8 Å². The largest absolute Gasteiger partial charge is 0.494 e. The average molecular weight is 501 g/mol. The minimum Gasteiger partial charge on any atom is -0.494 e. The van der Waals surface area contributed by atoms with Crippen LogP contribution in [0.25, 0.3) is 22.6 Å². The fourth-order valence-corrected chi connectivity index (χ4v) is 6.10. The Labute approximate surface area is 215 Å². The van der Waals surface area contributed by atoms with Crippen LogP contribution in [0.1, 0.15) is 34.5 Å². The van der Waals surface area contributed by atoms with Crippen LogP contribution in [-0.2, 0) is 20.6 Å². The predicted octanol–water partition coefficient (Wildman–Crippen LogP) is 2.44. The number of fused-ring (bicyclic) bond motifs is 3. The van der Waals surface area contributed by atoms with Crippen molar-refractivity contribution in [2.24, 2.45) is 30.7 Å². The number of methoxy groups -OCH3 is 1. The Hall–Kier alpha value is -3.92. The topological polar surface area (TPSA) is 108 Å². The van der Waals surface area contributed by atoms with Crippen LogP contribution in [0.4, 0.5) is 0 Å². The summed E-state index contributed by atoms with van der Waals surface area (Å²) in [7, 11) is 7.27. The minimum absolute atomic E-state index is 0.00329. The second-order valence-corrected chi connectivity index (χ2v) is 10.1. The highest BCUT2D eigenvalue weighted by Crippen LogP contribution is 2.39.